The summed E-state index contributed by atoms with van der Waals surface area (Å²) < 4.78 is 13.6. The van der Waals surface area contributed by atoms with Crippen molar-refractivity contribution in [2.24, 2.45) is 7.05 Å². The Hall–Kier alpha value is -2.34. The summed E-state index contributed by atoms with van der Waals surface area (Å²) >= 11 is 0. The highest BCUT2D eigenvalue weighted by Gasteiger charge is 2.36. The fraction of sp³-hybridized carbons (Fsp3) is 0.474. The number of aromatic nitrogens is 2. The first-order valence-electron chi connectivity index (χ1n) is 8.53. The molecule has 0 bridgehead atoms. The molecule has 134 valence electrons. The molecule has 0 aliphatic carbocycles. The highest BCUT2D eigenvalue weighted by molar-refractivity contribution is 5.78. The average molecular weight is 343 g/mol. The van der Waals surface area contributed by atoms with E-state index in [1.807, 2.05) is 68.4 Å². The number of aryl methyl sites for hydroxylation is 1. The van der Waals surface area contributed by atoms with Crippen LogP contribution in [0.2, 0.25) is 0 Å². The number of amides is 1. The third kappa shape index (κ3) is 4.82. The second kappa shape index (κ2) is 7.27. The number of hydrogen-bond donors (Lipinski definition) is 0. The quantitative estimate of drug-likeness (QED) is 0.834. The van der Waals surface area contributed by atoms with E-state index in [1.54, 1.807) is 4.68 Å². The fourth-order valence-electron chi connectivity index (χ4n) is 3.10. The standard InChI is InChI=1S/C19H25N3O3/c1-19(2)14-22(18(23)11-15-9-10-21(3)20-15)12-17(25-19)13-24-16-7-5-4-6-8-16/h4-10,17H,11-14H2,1-3H3. The zero-order valence-corrected chi connectivity index (χ0v) is 15.0. The molecule has 0 radical (unpaired) electrons. The van der Waals surface area contributed by atoms with Gasteiger partial charge < -0.3 is 14.4 Å². The van der Waals surface area contributed by atoms with E-state index in [0.29, 0.717) is 26.1 Å². The predicted octanol–water partition coefficient (Wildman–Crippen LogP) is 2.05. The lowest BCUT2D eigenvalue weighted by atomic mass is 10.0. The van der Waals surface area contributed by atoms with Crippen LogP contribution < -0.4 is 4.74 Å². The second-order valence-corrected chi connectivity index (χ2v) is 7.06. The second-order valence-electron chi connectivity index (χ2n) is 7.06. The molecule has 1 aliphatic rings. The summed E-state index contributed by atoms with van der Waals surface area (Å²) in [5.41, 5.74) is 0.386. The maximum atomic E-state index is 12.7. The van der Waals surface area contributed by atoms with Gasteiger partial charge in [-0.3, -0.25) is 9.48 Å². The van der Waals surface area contributed by atoms with E-state index in [2.05, 4.69) is 5.10 Å². The van der Waals surface area contributed by atoms with E-state index in [4.69, 9.17) is 9.47 Å². The van der Waals surface area contributed by atoms with Crippen molar-refractivity contribution in [1.82, 2.24) is 14.7 Å². The number of rotatable bonds is 5. The summed E-state index contributed by atoms with van der Waals surface area (Å²) in [5, 5.41) is 4.29. The predicted molar refractivity (Wildman–Crippen MR) is 94.4 cm³/mol. The van der Waals surface area contributed by atoms with Gasteiger partial charge >= 0.3 is 0 Å². The smallest absolute Gasteiger partial charge is 0.228 e. The Bertz CT molecular complexity index is 712. The molecule has 0 spiro atoms. The van der Waals surface area contributed by atoms with Gasteiger partial charge in [-0.15, -0.1) is 0 Å². The van der Waals surface area contributed by atoms with Gasteiger partial charge in [-0.05, 0) is 32.0 Å². The van der Waals surface area contributed by atoms with Crippen LogP contribution in [0, 0.1) is 0 Å². The first-order valence-corrected chi connectivity index (χ1v) is 8.53. The monoisotopic (exact) mass is 343 g/mol. The Kier molecular flexibility index (Phi) is 5.08. The maximum Gasteiger partial charge on any atom is 0.228 e. The molecule has 1 amide bonds. The normalized spacial score (nSPS) is 19.6. The molecule has 1 aromatic carbocycles. The zero-order valence-electron chi connectivity index (χ0n) is 15.0. The molecule has 1 aromatic heterocycles. The van der Waals surface area contributed by atoms with Gasteiger partial charge in [0.15, 0.2) is 0 Å². The van der Waals surface area contributed by atoms with Crippen molar-refractivity contribution in [3.63, 3.8) is 0 Å². The summed E-state index contributed by atoms with van der Waals surface area (Å²) in [5.74, 6) is 0.876. The molecule has 0 saturated carbocycles. The molecule has 2 aromatic rings. The number of para-hydroxylation sites is 1. The summed E-state index contributed by atoms with van der Waals surface area (Å²) in [6.07, 6.45) is 2.00. The number of benzene rings is 1. The number of ether oxygens (including phenoxy) is 2. The van der Waals surface area contributed by atoms with Crippen LogP contribution >= 0.6 is 0 Å². The van der Waals surface area contributed by atoms with Gasteiger partial charge in [-0.25, -0.2) is 0 Å². The van der Waals surface area contributed by atoms with E-state index in [-0.39, 0.29) is 12.0 Å². The van der Waals surface area contributed by atoms with Gasteiger partial charge in [0.1, 0.15) is 18.5 Å². The van der Waals surface area contributed by atoms with Crippen molar-refractivity contribution < 1.29 is 14.3 Å². The van der Waals surface area contributed by atoms with Gasteiger partial charge in [-0.1, -0.05) is 18.2 Å². The molecule has 1 atom stereocenters. The Labute approximate surface area is 148 Å². The Morgan fingerprint density at radius 2 is 2.08 bits per heavy atom. The van der Waals surface area contributed by atoms with Crippen LogP contribution in [0.3, 0.4) is 0 Å². The average Bonchev–Trinajstić information content (AvgIpc) is 2.97. The SMILES string of the molecule is Cn1ccc(CC(=O)N2CC(COc3ccccc3)OC(C)(C)C2)n1. The summed E-state index contributed by atoms with van der Waals surface area (Å²) in [7, 11) is 1.85. The molecular formula is C19H25N3O3. The van der Waals surface area contributed by atoms with Crippen molar-refractivity contribution >= 4 is 5.91 Å². The highest BCUT2D eigenvalue weighted by atomic mass is 16.5. The molecular weight excluding hydrogens is 318 g/mol. The lowest BCUT2D eigenvalue weighted by Crippen LogP contribution is -2.56. The molecule has 25 heavy (non-hydrogen) atoms. The molecule has 6 nitrogen and oxygen atoms in total. The van der Waals surface area contributed by atoms with E-state index in [1.165, 1.54) is 0 Å². The Balaban J connectivity index is 1.60. The van der Waals surface area contributed by atoms with Gasteiger partial charge in [0, 0.05) is 19.8 Å². The summed E-state index contributed by atoms with van der Waals surface area (Å²) in [6, 6.07) is 11.5. The minimum Gasteiger partial charge on any atom is -0.491 e. The molecule has 2 heterocycles. The van der Waals surface area contributed by atoms with Crippen LogP contribution in [0.25, 0.3) is 0 Å². The van der Waals surface area contributed by atoms with E-state index in [0.717, 1.165) is 11.4 Å². The number of hydrogen-bond acceptors (Lipinski definition) is 4. The number of nitrogens with zero attached hydrogens (tertiary/aromatic N) is 3. The summed E-state index contributed by atoms with van der Waals surface area (Å²) in [4.78, 5) is 14.5. The fourth-order valence-corrected chi connectivity index (χ4v) is 3.10. The van der Waals surface area contributed by atoms with Gasteiger partial charge in [0.2, 0.25) is 5.91 Å². The van der Waals surface area contributed by atoms with E-state index < -0.39 is 5.60 Å². The maximum absolute atomic E-state index is 12.7. The van der Waals surface area contributed by atoms with Crippen LogP contribution in [-0.4, -0.2) is 52.0 Å². The minimum absolute atomic E-state index is 0.0692. The molecule has 1 saturated heterocycles. The number of carbonyl (C=O) groups is 1. The van der Waals surface area contributed by atoms with Crippen LogP contribution in [-0.2, 0) is 23.0 Å². The Morgan fingerprint density at radius 3 is 2.76 bits per heavy atom. The topological polar surface area (TPSA) is 56.6 Å². The highest BCUT2D eigenvalue weighted by Crippen LogP contribution is 2.22. The van der Waals surface area contributed by atoms with Gasteiger partial charge in [0.05, 0.1) is 24.3 Å². The van der Waals surface area contributed by atoms with E-state index >= 15 is 0 Å². The molecule has 6 heteroatoms. The van der Waals surface area contributed by atoms with Crippen molar-refractivity contribution in [1.29, 1.82) is 0 Å². The van der Waals surface area contributed by atoms with Crippen molar-refractivity contribution in [2.45, 2.75) is 32.0 Å². The first-order chi connectivity index (χ1) is 11.9. The van der Waals surface area contributed by atoms with Gasteiger partial charge in [-0.2, -0.15) is 5.10 Å². The van der Waals surface area contributed by atoms with Crippen molar-refractivity contribution in [3.05, 3.63) is 48.3 Å². The molecule has 1 unspecified atom stereocenters. The first kappa shape index (κ1) is 17.5. The molecule has 3 rings (SSSR count). The zero-order chi connectivity index (χ0) is 17.9. The van der Waals surface area contributed by atoms with E-state index in [9.17, 15) is 4.79 Å². The largest absolute Gasteiger partial charge is 0.491 e. The minimum atomic E-state index is -0.400. The lowest BCUT2D eigenvalue weighted by molar-refractivity contribution is -0.165. The molecule has 1 fully saturated rings. The van der Waals surface area contributed by atoms with Crippen LogP contribution in [0.1, 0.15) is 19.5 Å². The van der Waals surface area contributed by atoms with Crippen LogP contribution in [0.15, 0.2) is 42.6 Å². The third-order valence-corrected chi connectivity index (χ3v) is 4.11. The van der Waals surface area contributed by atoms with Gasteiger partial charge in [0.25, 0.3) is 0 Å². The van der Waals surface area contributed by atoms with Crippen LogP contribution in [0.5, 0.6) is 5.75 Å². The van der Waals surface area contributed by atoms with Crippen LogP contribution in [0.4, 0.5) is 0 Å². The summed E-state index contributed by atoms with van der Waals surface area (Å²) in [6.45, 7) is 5.52. The Morgan fingerprint density at radius 1 is 1.32 bits per heavy atom. The molecule has 0 N–H and O–H groups in total. The third-order valence-electron chi connectivity index (χ3n) is 4.11. The lowest BCUT2D eigenvalue weighted by Gasteiger charge is -2.42. The van der Waals surface area contributed by atoms with Crippen molar-refractivity contribution in [2.75, 3.05) is 19.7 Å². The number of carbonyl (C=O) groups excluding carboxylic acids is 1. The number of morpholine rings is 1. The molecule has 1 aliphatic heterocycles. The van der Waals surface area contributed by atoms with Crippen molar-refractivity contribution in [3.8, 4) is 5.75 Å².